The van der Waals surface area contributed by atoms with E-state index < -0.39 is 5.79 Å². The average molecular weight is 459 g/mol. The molecule has 5 rings (SSSR count). The molecular formula is C23H24ClFN4O3. The highest BCUT2D eigenvalue weighted by molar-refractivity contribution is 6.31. The maximum Gasteiger partial charge on any atom is 0.259 e. The van der Waals surface area contributed by atoms with Gasteiger partial charge < -0.3 is 14.4 Å². The van der Waals surface area contributed by atoms with Crippen molar-refractivity contribution in [1.29, 1.82) is 0 Å². The Morgan fingerprint density at radius 2 is 1.91 bits per heavy atom. The van der Waals surface area contributed by atoms with Crippen molar-refractivity contribution in [3.05, 3.63) is 63.3 Å². The number of hydrogen-bond donors (Lipinski definition) is 0. The summed E-state index contributed by atoms with van der Waals surface area (Å²) in [5.74, 6) is -0.999. The van der Waals surface area contributed by atoms with Crippen molar-refractivity contribution in [2.45, 2.75) is 38.9 Å². The molecule has 1 aromatic carbocycles. The second-order valence-electron chi connectivity index (χ2n) is 8.33. The van der Waals surface area contributed by atoms with E-state index in [9.17, 15) is 9.18 Å². The van der Waals surface area contributed by atoms with Crippen molar-refractivity contribution < 1.29 is 18.7 Å². The number of halogens is 2. The molecule has 0 N–H and O–H groups in total. The Hall–Kier alpha value is -2.55. The molecule has 0 atom stereocenters. The van der Waals surface area contributed by atoms with E-state index >= 15 is 0 Å². The Bertz CT molecular complexity index is 1180. The number of benzene rings is 1. The molecule has 1 amide bonds. The zero-order valence-corrected chi connectivity index (χ0v) is 18.8. The number of likely N-dealkylation sites (tertiary alicyclic amines) is 1. The van der Waals surface area contributed by atoms with Crippen molar-refractivity contribution in [2.75, 3.05) is 26.3 Å². The number of rotatable bonds is 3. The van der Waals surface area contributed by atoms with Gasteiger partial charge in [0.05, 0.1) is 19.4 Å². The lowest BCUT2D eigenvalue weighted by atomic mass is 10.0. The predicted octanol–water partition coefficient (Wildman–Crippen LogP) is 3.71. The summed E-state index contributed by atoms with van der Waals surface area (Å²) in [5.41, 5.74) is 3.73. The van der Waals surface area contributed by atoms with E-state index in [0.717, 1.165) is 11.3 Å². The smallest absolute Gasteiger partial charge is 0.259 e. The van der Waals surface area contributed by atoms with Gasteiger partial charge in [-0.2, -0.15) is 5.10 Å². The van der Waals surface area contributed by atoms with Gasteiger partial charge in [-0.3, -0.25) is 4.79 Å². The molecule has 0 radical (unpaired) electrons. The van der Waals surface area contributed by atoms with Gasteiger partial charge in [0.25, 0.3) is 5.91 Å². The van der Waals surface area contributed by atoms with Crippen LogP contribution in [0.2, 0.25) is 5.02 Å². The zero-order chi connectivity index (χ0) is 22.5. The van der Waals surface area contributed by atoms with Gasteiger partial charge in [0, 0.05) is 54.3 Å². The van der Waals surface area contributed by atoms with Crippen molar-refractivity contribution in [1.82, 2.24) is 19.5 Å². The van der Waals surface area contributed by atoms with Gasteiger partial charge in [-0.25, -0.2) is 13.9 Å². The molecule has 2 saturated heterocycles. The van der Waals surface area contributed by atoms with Gasteiger partial charge in [0.15, 0.2) is 11.4 Å². The lowest BCUT2D eigenvalue weighted by Gasteiger charge is -2.37. The highest BCUT2D eigenvalue weighted by atomic mass is 35.5. The molecule has 4 heterocycles. The van der Waals surface area contributed by atoms with Gasteiger partial charge in [0.1, 0.15) is 11.4 Å². The summed E-state index contributed by atoms with van der Waals surface area (Å²) in [4.78, 5) is 19.7. The molecule has 2 aliphatic heterocycles. The van der Waals surface area contributed by atoms with Crippen LogP contribution in [0.3, 0.4) is 0 Å². The molecule has 1 spiro atoms. The summed E-state index contributed by atoms with van der Waals surface area (Å²) in [6, 6.07) is 4.65. The maximum atomic E-state index is 14.3. The topological polar surface area (TPSA) is 69.0 Å². The number of nitrogens with zero attached hydrogens (tertiary/aromatic N) is 4. The normalized spacial score (nSPS) is 18.1. The fourth-order valence-electron chi connectivity index (χ4n) is 4.60. The van der Waals surface area contributed by atoms with Gasteiger partial charge in [-0.05, 0) is 31.5 Å². The van der Waals surface area contributed by atoms with E-state index in [0.29, 0.717) is 73.1 Å². The number of ether oxygens (including phenoxy) is 2. The molecule has 2 aromatic heterocycles. The summed E-state index contributed by atoms with van der Waals surface area (Å²) >= 11 is 6.23. The highest BCUT2D eigenvalue weighted by Crippen LogP contribution is 2.32. The van der Waals surface area contributed by atoms with Crippen LogP contribution < -0.4 is 0 Å². The molecule has 0 bridgehead atoms. The number of hydrogen-bond acceptors (Lipinski definition) is 5. The largest absolute Gasteiger partial charge is 0.347 e. The second kappa shape index (κ2) is 8.10. The van der Waals surface area contributed by atoms with E-state index in [4.69, 9.17) is 21.1 Å². The number of aryl methyl sites for hydroxylation is 2. The molecule has 0 saturated carbocycles. The second-order valence-corrected chi connectivity index (χ2v) is 8.74. The van der Waals surface area contributed by atoms with E-state index in [1.54, 1.807) is 27.7 Å². The summed E-state index contributed by atoms with van der Waals surface area (Å²) in [7, 11) is 0. The van der Waals surface area contributed by atoms with Crippen LogP contribution in [0.15, 0.2) is 24.4 Å². The van der Waals surface area contributed by atoms with E-state index in [-0.39, 0.29) is 11.7 Å². The average Bonchev–Trinajstić information content (AvgIpc) is 3.40. The van der Waals surface area contributed by atoms with Crippen molar-refractivity contribution >= 4 is 23.2 Å². The Morgan fingerprint density at radius 3 is 2.59 bits per heavy atom. The number of piperidine rings is 1. The van der Waals surface area contributed by atoms with E-state index in [1.807, 2.05) is 13.8 Å². The summed E-state index contributed by atoms with van der Waals surface area (Å²) in [6.07, 6.45) is 3.15. The molecule has 32 heavy (non-hydrogen) atoms. The molecule has 2 fully saturated rings. The molecular weight excluding hydrogens is 435 g/mol. The van der Waals surface area contributed by atoms with Crippen LogP contribution in [0.5, 0.6) is 0 Å². The first kappa shape index (κ1) is 21.3. The van der Waals surface area contributed by atoms with E-state index in [1.165, 1.54) is 6.07 Å². The number of fused-ring (bicyclic) bond motifs is 1. The van der Waals surface area contributed by atoms with Crippen LogP contribution in [0, 0.1) is 19.7 Å². The number of amides is 1. The predicted molar refractivity (Wildman–Crippen MR) is 116 cm³/mol. The van der Waals surface area contributed by atoms with Crippen LogP contribution in [0.4, 0.5) is 4.39 Å². The van der Waals surface area contributed by atoms with Crippen LogP contribution in [0.1, 0.15) is 45.7 Å². The zero-order valence-electron chi connectivity index (χ0n) is 18.0. The lowest BCUT2D eigenvalue weighted by Crippen LogP contribution is -2.47. The van der Waals surface area contributed by atoms with Crippen molar-refractivity contribution in [3.63, 3.8) is 0 Å². The Kier molecular flexibility index (Phi) is 5.39. The number of carbonyl (C=O) groups excluding carboxylic acids is 1. The monoisotopic (exact) mass is 458 g/mol. The summed E-state index contributed by atoms with van der Waals surface area (Å²) in [5, 5.41) is 4.80. The minimum Gasteiger partial charge on any atom is -0.347 e. The third-order valence-electron chi connectivity index (χ3n) is 6.48. The minimum absolute atomic E-state index is 0.107. The van der Waals surface area contributed by atoms with Crippen molar-refractivity contribution in [3.8, 4) is 0 Å². The molecule has 2 aliphatic rings. The van der Waals surface area contributed by atoms with E-state index in [2.05, 4.69) is 10.1 Å². The Balaban J connectivity index is 1.43. The first-order valence-corrected chi connectivity index (χ1v) is 11.1. The van der Waals surface area contributed by atoms with Crippen LogP contribution in [-0.2, 0) is 15.9 Å². The quantitative estimate of drug-likeness (QED) is 0.598. The van der Waals surface area contributed by atoms with Gasteiger partial charge in [-0.1, -0.05) is 17.7 Å². The number of carbonyl (C=O) groups is 1. The van der Waals surface area contributed by atoms with Crippen LogP contribution in [0.25, 0.3) is 5.65 Å². The van der Waals surface area contributed by atoms with Crippen LogP contribution >= 0.6 is 11.6 Å². The number of aromatic nitrogens is 3. The first-order chi connectivity index (χ1) is 15.4. The Morgan fingerprint density at radius 1 is 1.19 bits per heavy atom. The standard InChI is InChI=1S/C23H24ClFN4O3/c1-14-16(12-17-19(24)4-3-5-20(17)25)15(2)29-21(27-14)18(13-26-29)22(30)28-8-6-23(7-9-28)31-10-11-32-23/h3-5,13H,6-12H2,1-2H3. The third-order valence-corrected chi connectivity index (χ3v) is 6.83. The molecule has 0 aliphatic carbocycles. The minimum atomic E-state index is -0.536. The molecule has 168 valence electrons. The lowest BCUT2D eigenvalue weighted by molar-refractivity contribution is -0.181. The van der Waals surface area contributed by atoms with Crippen LogP contribution in [-0.4, -0.2) is 57.5 Å². The maximum absolute atomic E-state index is 14.3. The Labute approximate surface area is 190 Å². The summed E-state index contributed by atoms with van der Waals surface area (Å²) < 4.78 is 27.5. The molecule has 7 nitrogen and oxygen atoms in total. The molecule has 3 aromatic rings. The first-order valence-electron chi connectivity index (χ1n) is 10.7. The van der Waals surface area contributed by atoms with Crippen molar-refractivity contribution in [2.24, 2.45) is 0 Å². The third kappa shape index (κ3) is 3.56. The van der Waals surface area contributed by atoms with Gasteiger partial charge >= 0.3 is 0 Å². The fourth-order valence-corrected chi connectivity index (χ4v) is 4.83. The van der Waals surface area contributed by atoms with Gasteiger partial charge in [-0.15, -0.1) is 0 Å². The summed E-state index contributed by atoms with van der Waals surface area (Å²) in [6.45, 7) is 6.07. The molecule has 0 unspecified atom stereocenters. The van der Waals surface area contributed by atoms with Gasteiger partial charge in [0.2, 0.25) is 0 Å². The highest BCUT2D eigenvalue weighted by Gasteiger charge is 2.41. The molecule has 9 heteroatoms. The fraction of sp³-hybridized carbons (Fsp3) is 0.435. The SMILES string of the molecule is Cc1nc2c(C(=O)N3CCC4(CC3)OCCO4)cnn2c(C)c1Cc1c(F)cccc1Cl.